The van der Waals surface area contributed by atoms with Crippen molar-refractivity contribution in [1.29, 1.82) is 0 Å². The van der Waals surface area contributed by atoms with Gasteiger partial charge in [0.15, 0.2) is 0 Å². The van der Waals surface area contributed by atoms with E-state index in [0.29, 0.717) is 18.9 Å². The fraction of sp³-hybridized carbons (Fsp3) is 0.316. The second-order valence-corrected chi connectivity index (χ2v) is 5.91. The lowest BCUT2D eigenvalue weighted by Gasteiger charge is -2.10. The maximum Gasteiger partial charge on any atom is 0.220 e. The van der Waals surface area contributed by atoms with Gasteiger partial charge in [-0.05, 0) is 48.2 Å². The molecule has 1 fully saturated rings. The fourth-order valence-electron chi connectivity index (χ4n) is 2.92. The summed E-state index contributed by atoms with van der Waals surface area (Å²) >= 11 is 0. The smallest absolute Gasteiger partial charge is 0.220 e. The molecule has 0 bridgehead atoms. The van der Waals surface area contributed by atoms with E-state index in [9.17, 15) is 4.79 Å². The minimum absolute atomic E-state index is 0.152. The molecule has 2 N–H and O–H groups in total. The average Bonchev–Trinajstić information content (AvgIpc) is 3.07. The zero-order valence-electron chi connectivity index (χ0n) is 12.7. The van der Waals surface area contributed by atoms with Crippen molar-refractivity contribution in [1.82, 2.24) is 10.6 Å². The number of carbonyl (C=O) groups is 1. The van der Waals surface area contributed by atoms with E-state index in [4.69, 9.17) is 0 Å². The standard InChI is InChI=1S/C19H22N2O/c22-19(12-16-9-10-20-13-16)21-14-15-5-4-8-18(11-15)17-6-2-1-3-7-17/h1-8,11,16,20H,9-10,12-14H2,(H,21,22)/t16-/m1/s1. The third-order valence-electron chi connectivity index (χ3n) is 4.16. The average molecular weight is 294 g/mol. The minimum atomic E-state index is 0.152. The Labute approximate surface area is 131 Å². The number of rotatable bonds is 5. The molecule has 1 amide bonds. The molecule has 2 aromatic rings. The Morgan fingerprint density at radius 2 is 1.91 bits per heavy atom. The molecule has 0 radical (unpaired) electrons. The van der Waals surface area contributed by atoms with Crippen LogP contribution < -0.4 is 10.6 Å². The van der Waals surface area contributed by atoms with E-state index in [2.05, 4.69) is 41.0 Å². The first-order chi connectivity index (χ1) is 10.8. The molecule has 0 saturated carbocycles. The van der Waals surface area contributed by atoms with E-state index >= 15 is 0 Å². The van der Waals surface area contributed by atoms with Crippen molar-refractivity contribution in [2.24, 2.45) is 5.92 Å². The first-order valence-corrected chi connectivity index (χ1v) is 7.93. The molecular formula is C19H22N2O. The number of benzene rings is 2. The van der Waals surface area contributed by atoms with Crippen molar-refractivity contribution >= 4 is 5.91 Å². The zero-order valence-corrected chi connectivity index (χ0v) is 12.7. The predicted molar refractivity (Wildman–Crippen MR) is 89.3 cm³/mol. The topological polar surface area (TPSA) is 41.1 Å². The van der Waals surface area contributed by atoms with Gasteiger partial charge in [-0.3, -0.25) is 4.79 Å². The van der Waals surface area contributed by atoms with Gasteiger partial charge in [-0.15, -0.1) is 0 Å². The molecule has 0 spiro atoms. The number of hydrogen-bond donors (Lipinski definition) is 2. The maximum absolute atomic E-state index is 12.0. The minimum Gasteiger partial charge on any atom is -0.352 e. The Morgan fingerprint density at radius 1 is 1.09 bits per heavy atom. The molecule has 1 aliphatic rings. The summed E-state index contributed by atoms with van der Waals surface area (Å²) in [6, 6.07) is 18.7. The van der Waals surface area contributed by atoms with Gasteiger partial charge in [0.2, 0.25) is 5.91 Å². The largest absolute Gasteiger partial charge is 0.352 e. The summed E-state index contributed by atoms with van der Waals surface area (Å²) in [6.07, 6.45) is 1.74. The molecule has 1 aliphatic heterocycles. The Morgan fingerprint density at radius 3 is 2.68 bits per heavy atom. The summed E-state index contributed by atoms with van der Waals surface area (Å²) in [6.45, 7) is 2.60. The van der Waals surface area contributed by atoms with Gasteiger partial charge >= 0.3 is 0 Å². The van der Waals surface area contributed by atoms with Crippen LogP contribution in [-0.4, -0.2) is 19.0 Å². The van der Waals surface area contributed by atoms with Crippen molar-refractivity contribution in [3.05, 3.63) is 60.2 Å². The predicted octanol–water partition coefficient (Wildman–Crippen LogP) is 2.97. The van der Waals surface area contributed by atoms with E-state index in [0.717, 1.165) is 25.1 Å². The lowest BCUT2D eigenvalue weighted by Crippen LogP contribution is -2.25. The molecule has 1 saturated heterocycles. The Kier molecular flexibility index (Phi) is 4.86. The van der Waals surface area contributed by atoms with Gasteiger partial charge in [0.05, 0.1) is 0 Å². The zero-order chi connectivity index (χ0) is 15.2. The molecular weight excluding hydrogens is 272 g/mol. The molecule has 114 valence electrons. The molecule has 0 unspecified atom stereocenters. The highest BCUT2D eigenvalue weighted by Gasteiger charge is 2.17. The highest BCUT2D eigenvalue weighted by Crippen LogP contribution is 2.20. The van der Waals surface area contributed by atoms with Gasteiger partial charge in [0, 0.05) is 13.0 Å². The Hall–Kier alpha value is -2.13. The molecule has 3 nitrogen and oxygen atoms in total. The first-order valence-electron chi connectivity index (χ1n) is 7.93. The molecule has 0 aromatic heterocycles. The van der Waals surface area contributed by atoms with E-state index in [1.54, 1.807) is 0 Å². The summed E-state index contributed by atoms with van der Waals surface area (Å²) in [4.78, 5) is 12.0. The highest BCUT2D eigenvalue weighted by atomic mass is 16.1. The van der Waals surface area contributed by atoms with Crippen LogP contribution in [-0.2, 0) is 11.3 Å². The molecule has 22 heavy (non-hydrogen) atoms. The Balaban J connectivity index is 1.57. The van der Waals surface area contributed by atoms with Crippen LogP contribution in [0.1, 0.15) is 18.4 Å². The molecule has 3 rings (SSSR count). The fourth-order valence-corrected chi connectivity index (χ4v) is 2.92. The van der Waals surface area contributed by atoms with Crippen molar-refractivity contribution in [3.63, 3.8) is 0 Å². The normalized spacial score (nSPS) is 17.4. The van der Waals surface area contributed by atoms with Gasteiger partial charge < -0.3 is 10.6 Å². The van der Waals surface area contributed by atoms with Crippen LogP contribution in [0.5, 0.6) is 0 Å². The second-order valence-electron chi connectivity index (χ2n) is 5.91. The summed E-state index contributed by atoms with van der Waals surface area (Å²) in [5.74, 6) is 0.648. The van der Waals surface area contributed by atoms with Crippen molar-refractivity contribution in [2.75, 3.05) is 13.1 Å². The van der Waals surface area contributed by atoms with Gasteiger partial charge in [0.25, 0.3) is 0 Å². The summed E-state index contributed by atoms with van der Waals surface area (Å²) < 4.78 is 0. The SMILES string of the molecule is O=C(C[C@H]1CCNC1)NCc1cccc(-c2ccccc2)c1. The number of amides is 1. The number of nitrogens with one attached hydrogen (secondary N) is 2. The maximum atomic E-state index is 12.0. The summed E-state index contributed by atoms with van der Waals surface area (Å²) in [7, 11) is 0. The molecule has 0 aliphatic carbocycles. The number of hydrogen-bond acceptors (Lipinski definition) is 2. The molecule has 2 aromatic carbocycles. The van der Waals surface area contributed by atoms with Crippen LogP contribution in [0.2, 0.25) is 0 Å². The van der Waals surface area contributed by atoms with Crippen molar-refractivity contribution < 1.29 is 4.79 Å². The lowest BCUT2D eigenvalue weighted by molar-refractivity contribution is -0.122. The van der Waals surface area contributed by atoms with E-state index < -0.39 is 0 Å². The van der Waals surface area contributed by atoms with Gasteiger partial charge in [-0.25, -0.2) is 0 Å². The third kappa shape index (κ3) is 3.95. The van der Waals surface area contributed by atoms with Crippen LogP contribution >= 0.6 is 0 Å². The van der Waals surface area contributed by atoms with Gasteiger partial charge in [0.1, 0.15) is 0 Å². The van der Waals surface area contributed by atoms with Gasteiger partial charge in [-0.1, -0.05) is 48.5 Å². The summed E-state index contributed by atoms with van der Waals surface area (Å²) in [5, 5.41) is 6.33. The number of carbonyl (C=O) groups excluding carboxylic acids is 1. The van der Waals surface area contributed by atoms with E-state index in [1.807, 2.05) is 24.3 Å². The quantitative estimate of drug-likeness (QED) is 0.890. The van der Waals surface area contributed by atoms with Crippen LogP contribution in [0.15, 0.2) is 54.6 Å². The Bertz CT molecular complexity index is 618. The molecule has 1 heterocycles. The van der Waals surface area contributed by atoms with Gasteiger partial charge in [-0.2, -0.15) is 0 Å². The highest BCUT2D eigenvalue weighted by molar-refractivity contribution is 5.76. The van der Waals surface area contributed by atoms with Crippen molar-refractivity contribution in [2.45, 2.75) is 19.4 Å². The van der Waals surface area contributed by atoms with Crippen molar-refractivity contribution in [3.8, 4) is 11.1 Å². The lowest BCUT2D eigenvalue weighted by atomic mass is 10.0. The second kappa shape index (κ2) is 7.23. The first kappa shape index (κ1) is 14.8. The van der Waals surface area contributed by atoms with Crippen LogP contribution in [0, 0.1) is 5.92 Å². The van der Waals surface area contributed by atoms with Crippen LogP contribution in [0.3, 0.4) is 0 Å². The van der Waals surface area contributed by atoms with E-state index in [-0.39, 0.29) is 5.91 Å². The van der Waals surface area contributed by atoms with E-state index in [1.165, 1.54) is 11.1 Å². The molecule has 3 heteroatoms. The monoisotopic (exact) mass is 294 g/mol. The van der Waals surface area contributed by atoms with Crippen LogP contribution in [0.25, 0.3) is 11.1 Å². The summed E-state index contributed by atoms with van der Waals surface area (Å²) in [5.41, 5.74) is 3.53. The van der Waals surface area contributed by atoms with Crippen LogP contribution in [0.4, 0.5) is 0 Å². The molecule has 1 atom stereocenters. The third-order valence-corrected chi connectivity index (χ3v) is 4.16.